The molecule has 0 saturated carbocycles. The van der Waals surface area contributed by atoms with Crippen LogP contribution in [0.15, 0.2) is 15.0 Å². The third-order valence-electron chi connectivity index (χ3n) is 4.10. The molecule has 2 aromatic rings. The molecule has 1 aromatic heterocycles. The summed E-state index contributed by atoms with van der Waals surface area (Å²) >= 11 is 6.67. The lowest BCUT2D eigenvalue weighted by molar-refractivity contribution is -0.384. The van der Waals surface area contributed by atoms with Gasteiger partial charge in [0.15, 0.2) is 5.52 Å². The Morgan fingerprint density at radius 2 is 2.24 bits per heavy atom. The van der Waals surface area contributed by atoms with Crippen molar-refractivity contribution in [3.8, 4) is 0 Å². The second-order valence-electron chi connectivity index (χ2n) is 5.70. The SMILES string of the molecule is COCCn1c(N2CC[C@@H](N)C2)nc2c([N+](=O)[O-])c(Br)c(Br)cc21.Cl. The molecule has 1 aliphatic rings. The largest absolute Gasteiger partial charge is 0.383 e. The highest BCUT2D eigenvalue weighted by Crippen LogP contribution is 2.40. The molecular weight excluding hydrogens is 481 g/mol. The summed E-state index contributed by atoms with van der Waals surface area (Å²) in [5.41, 5.74) is 7.03. The van der Waals surface area contributed by atoms with Gasteiger partial charge in [0, 0.05) is 37.3 Å². The van der Waals surface area contributed by atoms with Gasteiger partial charge in [0.05, 0.1) is 17.0 Å². The lowest BCUT2D eigenvalue weighted by atomic mass is 10.2. The minimum Gasteiger partial charge on any atom is -0.383 e. The summed E-state index contributed by atoms with van der Waals surface area (Å²) in [6.45, 7) is 2.51. The molecule has 11 heteroatoms. The first-order valence-electron chi connectivity index (χ1n) is 7.46. The van der Waals surface area contributed by atoms with Gasteiger partial charge in [0.25, 0.3) is 0 Å². The van der Waals surface area contributed by atoms with Crippen molar-refractivity contribution < 1.29 is 9.66 Å². The van der Waals surface area contributed by atoms with Crippen LogP contribution >= 0.6 is 44.3 Å². The number of methoxy groups -OCH3 is 1. The second kappa shape index (κ2) is 8.17. The number of fused-ring (bicyclic) bond motifs is 1. The standard InChI is InChI=1S/C14H17Br2N5O3.ClH/c1-24-5-4-20-10-6-9(15)11(16)13(21(22)23)12(10)18-14(20)19-3-2-8(17)7-19;/h6,8H,2-5,7,17H2,1H3;1H/t8-;/m1./s1. The van der Waals surface area contributed by atoms with Crippen molar-refractivity contribution in [2.24, 2.45) is 5.73 Å². The monoisotopic (exact) mass is 497 g/mol. The number of nitro groups is 1. The van der Waals surface area contributed by atoms with Crippen LogP contribution in [0.5, 0.6) is 0 Å². The van der Waals surface area contributed by atoms with Crippen LogP contribution in [0.1, 0.15) is 6.42 Å². The number of benzene rings is 1. The summed E-state index contributed by atoms with van der Waals surface area (Å²) in [4.78, 5) is 17.8. The maximum Gasteiger partial charge on any atom is 0.312 e. The third-order valence-corrected chi connectivity index (χ3v) is 6.06. The maximum absolute atomic E-state index is 11.5. The van der Waals surface area contributed by atoms with E-state index in [-0.39, 0.29) is 24.1 Å². The van der Waals surface area contributed by atoms with Gasteiger partial charge < -0.3 is 19.9 Å². The Bertz CT molecular complexity index is 801. The lowest BCUT2D eigenvalue weighted by Gasteiger charge is -2.18. The number of aromatic nitrogens is 2. The smallest absolute Gasteiger partial charge is 0.312 e. The van der Waals surface area contributed by atoms with E-state index in [1.807, 2.05) is 10.6 Å². The Hall–Kier alpha value is -0.940. The fourth-order valence-electron chi connectivity index (χ4n) is 2.95. The van der Waals surface area contributed by atoms with E-state index in [9.17, 15) is 10.1 Å². The Morgan fingerprint density at radius 3 is 2.80 bits per heavy atom. The zero-order valence-corrected chi connectivity index (χ0v) is 17.4. The van der Waals surface area contributed by atoms with Gasteiger partial charge in [-0.05, 0) is 44.3 Å². The molecule has 2 N–H and O–H groups in total. The first-order valence-corrected chi connectivity index (χ1v) is 9.04. The Labute approximate surface area is 167 Å². The van der Waals surface area contributed by atoms with E-state index in [1.165, 1.54) is 0 Å². The van der Waals surface area contributed by atoms with Crippen LogP contribution in [0.4, 0.5) is 11.6 Å². The molecule has 138 valence electrons. The van der Waals surface area contributed by atoms with E-state index in [1.54, 1.807) is 7.11 Å². The number of anilines is 1. The molecular formula is C14H18Br2ClN5O3. The number of nitrogens with zero attached hydrogens (tertiary/aromatic N) is 4. The van der Waals surface area contributed by atoms with Gasteiger partial charge in [0.2, 0.25) is 5.95 Å². The molecule has 0 bridgehead atoms. The van der Waals surface area contributed by atoms with Crippen molar-refractivity contribution in [1.29, 1.82) is 0 Å². The average Bonchev–Trinajstić information content (AvgIpc) is 3.09. The summed E-state index contributed by atoms with van der Waals surface area (Å²) in [7, 11) is 1.62. The molecule has 0 aliphatic carbocycles. The Morgan fingerprint density at radius 1 is 1.52 bits per heavy atom. The van der Waals surface area contributed by atoms with Crippen molar-refractivity contribution in [3.63, 3.8) is 0 Å². The number of hydrogen-bond donors (Lipinski definition) is 1. The number of hydrogen-bond acceptors (Lipinski definition) is 6. The predicted molar refractivity (Wildman–Crippen MR) is 106 cm³/mol. The Kier molecular flexibility index (Phi) is 6.66. The lowest BCUT2D eigenvalue weighted by Crippen LogP contribution is -2.28. The first kappa shape index (κ1) is 20.4. The van der Waals surface area contributed by atoms with E-state index < -0.39 is 4.92 Å². The van der Waals surface area contributed by atoms with Crippen molar-refractivity contribution >= 4 is 66.9 Å². The van der Waals surface area contributed by atoms with Crippen LogP contribution in [0.3, 0.4) is 0 Å². The van der Waals surface area contributed by atoms with E-state index in [0.29, 0.717) is 45.6 Å². The van der Waals surface area contributed by atoms with Crippen molar-refractivity contribution in [2.75, 3.05) is 31.7 Å². The second-order valence-corrected chi connectivity index (χ2v) is 7.34. The normalized spacial score (nSPS) is 17.1. The van der Waals surface area contributed by atoms with Gasteiger partial charge in [-0.3, -0.25) is 10.1 Å². The highest BCUT2D eigenvalue weighted by atomic mass is 79.9. The molecule has 0 radical (unpaired) electrons. The molecule has 1 aliphatic heterocycles. The van der Waals surface area contributed by atoms with Crippen LogP contribution < -0.4 is 10.6 Å². The van der Waals surface area contributed by atoms with Gasteiger partial charge in [-0.25, -0.2) is 4.98 Å². The van der Waals surface area contributed by atoms with Crippen molar-refractivity contribution in [3.05, 3.63) is 25.1 Å². The first-order chi connectivity index (χ1) is 11.4. The fraction of sp³-hybridized carbons (Fsp3) is 0.500. The van der Waals surface area contributed by atoms with Gasteiger partial charge in [-0.2, -0.15) is 0 Å². The van der Waals surface area contributed by atoms with Crippen molar-refractivity contribution in [2.45, 2.75) is 19.0 Å². The summed E-state index contributed by atoms with van der Waals surface area (Å²) in [6, 6.07) is 1.93. The van der Waals surface area contributed by atoms with Crippen LogP contribution in [-0.2, 0) is 11.3 Å². The molecule has 1 atom stereocenters. The minimum absolute atomic E-state index is 0. The highest BCUT2D eigenvalue weighted by Gasteiger charge is 2.29. The summed E-state index contributed by atoms with van der Waals surface area (Å²) in [5.74, 6) is 0.697. The number of rotatable bonds is 5. The van der Waals surface area contributed by atoms with Crippen LogP contribution in [0.2, 0.25) is 0 Å². The number of imidazole rings is 1. The highest BCUT2D eigenvalue weighted by molar-refractivity contribution is 9.13. The third kappa shape index (κ3) is 3.77. The van der Waals surface area contributed by atoms with Gasteiger partial charge in [-0.15, -0.1) is 12.4 Å². The molecule has 8 nitrogen and oxygen atoms in total. The molecule has 0 unspecified atom stereocenters. The van der Waals surface area contributed by atoms with E-state index in [2.05, 4.69) is 41.7 Å². The predicted octanol–water partition coefficient (Wildman–Crippen LogP) is 3.08. The number of nitro benzene ring substituents is 1. The topological polar surface area (TPSA) is 99.5 Å². The molecule has 1 fully saturated rings. The summed E-state index contributed by atoms with van der Waals surface area (Å²) in [5, 5.41) is 11.5. The fourth-order valence-corrected chi connectivity index (χ4v) is 3.81. The quantitative estimate of drug-likeness (QED) is 0.502. The van der Waals surface area contributed by atoms with Crippen LogP contribution in [-0.4, -0.2) is 47.3 Å². The molecule has 3 rings (SSSR count). The zero-order valence-electron chi connectivity index (χ0n) is 13.4. The molecule has 0 spiro atoms. The molecule has 0 amide bonds. The van der Waals surface area contributed by atoms with Gasteiger partial charge in [0.1, 0.15) is 4.47 Å². The van der Waals surface area contributed by atoms with Crippen molar-refractivity contribution in [1.82, 2.24) is 9.55 Å². The number of ether oxygens (including phenoxy) is 1. The maximum atomic E-state index is 11.5. The average molecular weight is 500 g/mol. The summed E-state index contributed by atoms with van der Waals surface area (Å²) in [6.07, 6.45) is 0.878. The molecule has 25 heavy (non-hydrogen) atoms. The Balaban J connectivity index is 0.00000225. The van der Waals surface area contributed by atoms with E-state index in [0.717, 1.165) is 13.0 Å². The molecule has 2 heterocycles. The summed E-state index contributed by atoms with van der Waals surface area (Å²) < 4.78 is 8.15. The molecule has 1 aromatic carbocycles. The van der Waals surface area contributed by atoms with E-state index >= 15 is 0 Å². The van der Waals surface area contributed by atoms with Gasteiger partial charge >= 0.3 is 5.69 Å². The number of nitrogens with two attached hydrogens (primary N) is 1. The van der Waals surface area contributed by atoms with Gasteiger partial charge in [-0.1, -0.05) is 0 Å². The number of halogens is 3. The van der Waals surface area contributed by atoms with Crippen LogP contribution in [0.25, 0.3) is 11.0 Å². The molecule has 1 saturated heterocycles. The van der Waals surface area contributed by atoms with Crippen LogP contribution in [0, 0.1) is 10.1 Å². The van der Waals surface area contributed by atoms with E-state index in [4.69, 9.17) is 10.5 Å². The minimum atomic E-state index is -0.412. The zero-order chi connectivity index (χ0) is 17.4.